The molecule has 1 aliphatic heterocycles. The molecule has 0 radical (unpaired) electrons. The zero-order valence-corrected chi connectivity index (χ0v) is 71.1. The molecule has 0 saturated carbocycles. The third-order valence-corrected chi connectivity index (χ3v) is 26.4. The summed E-state index contributed by atoms with van der Waals surface area (Å²) >= 11 is 33.2. The molecule has 9 N–H and O–H groups in total. The van der Waals surface area contributed by atoms with Gasteiger partial charge in [-0.3, -0.25) is 41.0 Å². The van der Waals surface area contributed by atoms with Crippen molar-refractivity contribution in [1.29, 1.82) is 0 Å². The molecule has 0 aliphatic carbocycles. The average Bonchev–Trinajstić information content (AvgIpc) is 1.84. The lowest BCUT2D eigenvalue weighted by molar-refractivity contribution is 0.0564. The van der Waals surface area contributed by atoms with Crippen LogP contribution in [0.15, 0.2) is 229 Å². The van der Waals surface area contributed by atoms with Gasteiger partial charge in [-0.25, -0.2) is 39.3 Å². The van der Waals surface area contributed by atoms with Crippen molar-refractivity contribution < 1.29 is 23.9 Å². The van der Waals surface area contributed by atoms with E-state index in [4.69, 9.17) is 45.3 Å². The maximum Gasteiger partial charge on any atom is 0.323 e. The highest BCUT2D eigenvalue weighted by atomic mass is 35.5. The largest absolute Gasteiger partial charge is 0.378 e. The number of hydrogen-bond acceptors (Lipinski definition) is 35. The van der Waals surface area contributed by atoms with Gasteiger partial charge in [0, 0.05) is 96.1 Å². The minimum atomic E-state index is -0.319. The van der Waals surface area contributed by atoms with Crippen molar-refractivity contribution in [2.24, 2.45) is 0 Å². The summed E-state index contributed by atoms with van der Waals surface area (Å²) in [6, 6.07) is 42.9. The molecule has 46 heteroatoms. The van der Waals surface area contributed by atoms with Crippen LogP contribution < -0.4 is 37.6 Å². The number of ether oxygens (including phenoxy) is 1. The van der Waals surface area contributed by atoms with E-state index >= 15 is 0 Å². The number of benzene rings is 5. The van der Waals surface area contributed by atoms with Gasteiger partial charge in [-0.05, 0) is 108 Å². The van der Waals surface area contributed by atoms with E-state index in [1.165, 1.54) is 139 Å². The van der Waals surface area contributed by atoms with Crippen LogP contribution in [0.25, 0.3) is 54.8 Å². The molecular weight excluding hydrogens is 1770 g/mol. The first-order valence-electron chi connectivity index (χ1n) is 34.0. The number of halogens is 3. The van der Waals surface area contributed by atoms with Crippen molar-refractivity contribution in [2.75, 3.05) is 59.8 Å². The molecule has 117 heavy (non-hydrogen) atoms. The molecule has 0 bridgehead atoms. The standard InChI is InChI=1S/C19H14ClN5OS2.C15H9N5OS3.C14H12ClN5OS2.C12H12N8O2S2.C11H7ClN4S2/c20-13-6-7-14-15(10-13)21-9-8-16(14)27-19-25-24-18(28-19)23-17(26)22-11-12-4-2-1-3-5-12;21-12(11-6-3-7-22-11)18-14-19-20-15(24-14)23-13-9-4-1-2-5-10(9)16-8-17-13;1-2-16-12(21)18-13-19-20-14(23-13)22-11-5-6-17-10-7-8(15)3-4-9(10)11;21-11(20-1-3-22-4-2-20)17-10-18-19-12(24-10)23-9-7-8(14-5-13-7)15-6-16-9;12-6-1-2-7-8(5-6)14-4-3-9(7)17-11-16-15-10(13)18-11/h1-10H,11H2,(H2,22,23,24,26);1-8H,(H,18,19,21);3-7H,2H2,1H3,(H2,16,18,19,21);5-6H,1-4H2,(H,17,18,21)(H,13,14,15,16);1-5H,(H2,13,15). The summed E-state index contributed by atoms with van der Waals surface area (Å²) < 4.78 is 8.88. The van der Waals surface area contributed by atoms with E-state index in [1.807, 2.05) is 146 Å². The van der Waals surface area contributed by atoms with Crippen LogP contribution in [0.5, 0.6) is 0 Å². The molecular formula is C71H54Cl3N27O5S11. The normalized spacial score (nSPS) is 11.6. The molecule has 590 valence electrons. The number of pyridine rings is 3. The maximum absolute atomic E-state index is 12.1. The highest BCUT2D eigenvalue weighted by molar-refractivity contribution is 8.02. The summed E-state index contributed by atoms with van der Waals surface area (Å²) in [6.45, 7) is 5.10. The summed E-state index contributed by atoms with van der Waals surface area (Å²) in [5.41, 5.74) is 11.3. The van der Waals surface area contributed by atoms with E-state index in [0.29, 0.717) is 104 Å². The molecule has 13 heterocycles. The zero-order valence-electron chi connectivity index (χ0n) is 59.8. The van der Waals surface area contributed by atoms with Crippen LogP contribution in [0.2, 0.25) is 15.1 Å². The van der Waals surface area contributed by atoms with Crippen molar-refractivity contribution in [1.82, 2.24) is 111 Å². The molecule has 17 aromatic rings. The molecule has 32 nitrogen and oxygen atoms in total. The van der Waals surface area contributed by atoms with Gasteiger partial charge in [0.15, 0.2) is 27.3 Å². The van der Waals surface area contributed by atoms with Gasteiger partial charge < -0.3 is 31.0 Å². The number of amides is 7. The van der Waals surface area contributed by atoms with Crippen LogP contribution in [-0.2, 0) is 11.3 Å². The molecule has 5 aromatic carbocycles. The Bertz CT molecular complexity index is 6280. The third kappa shape index (κ3) is 23.4. The van der Waals surface area contributed by atoms with Gasteiger partial charge in [0.25, 0.3) is 5.91 Å². The van der Waals surface area contributed by atoms with Crippen molar-refractivity contribution >= 4 is 266 Å². The van der Waals surface area contributed by atoms with Gasteiger partial charge in [0.05, 0.1) is 46.5 Å². The number of nitrogens with zero attached hydrogens (tertiary/aromatic N) is 19. The number of fused-ring (bicyclic) bond motifs is 5. The number of thiophene rings is 1. The number of nitrogens with one attached hydrogen (secondary N) is 7. The average molecular weight is 1820 g/mol. The second kappa shape index (κ2) is 41.0. The first-order valence-corrected chi connectivity index (χ1v) is 44.2. The number of aromatic nitrogens is 19. The number of nitrogens with two attached hydrogens (primary N) is 1. The minimum Gasteiger partial charge on any atom is -0.378 e. The Hall–Kier alpha value is -10.6. The lowest BCUT2D eigenvalue weighted by atomic mass is 10.2. The number of rotatable bonds is 18. The van der Waals surface area contributed by atoms with E-state index in [9.17, 15) is 19.2 Å². The molecule has 1 saturated heterocycles. The summed E-state index contributed by atoms with van der Waals surface area (Å²) in [4.78, 5) is 90.0. The predicted octanol–water partition coefficient (Wildman–Crippen LogP) is 17.9. The lowest BCUT2D eigenvalue weighted by Gasteiger charge is -2.26. The number of carbonyl (C=O) groups excluding carboxylic acids is 4. The third-order valence-electron chi connectivity index (χ3n) is 15.2. The number of imidazole rings is 1. The molecule has 1 aliphatic rings. The van der Waals surface area contributed by atoms with E-state index in [1.54, 1.807) is 35.9 Å². The number of carbonyl (C=O) groups is 4. The Labute approximate surface area is 722 Å². The quantitative estimate of drug-likeness (QED) is 0.0292. The number of hydrogen-bond donors (Lipinski definition) is 8. The molecule has 7 amide bonds. The first kappa shape index (κ1) is 82.9. The van der Waals surface area contributed by atoms with Crippen molar-refractivity contribution in [3.8, 4) is 0 Å². The van der Waals surface area contributed by atoms with Gasteiger partial charge in [-0.2, -0.15) is 0 Å². The number of nitrogen functional groups attached to an aromatic ring is 1. The minimum absolute atomic E-state index is 0.176. The van der Waals surface area contributed by atoms with E-state index in [-0.39, 0.29) is 24.0 Å². The fraction of sp³-hybridized carbons (Fsp3) is 0.0986. The highest BCUT2D eigenvalue weighted by Crippen LogP contribution is 2.41. The highest BCUT2D eigenvalue weighted by Gasteiger charge is 2.21. The molecule has 0 spiro atoms. The van der Waals surface area contributed by atoms with Crippen LogP contribution in [0.3, 0.4) is 0 Å². The first-order chi connectivity index (χ1) is 57.1. The molecule has 18 rings (SSSR count). The Morgan fingerprint density at radius 3 is 1.52 bits per heavy atom. The van der Waals surface area contributed by atoms with Gasteiger partial charge in [-0.15, -0.1) is 62.3 Å². The second-order valence-electron chi connectivity index (χ2n) is 23.0. The maximum atomic E-state index is 12.1. The van der Waals surface area contributed by atoms with Crippen molar-refractivity contribution in [3.63, 3.8) is 0 Å². The number of H-pyrrole nitrogens is 1. The fourth-order valence-corrected chi connectivity index (χ4v) is 20.0. The van der Waals surface area contributed by atoms with Crippen LogP contribution in [-0.4, -0.2) is 158 Å². The van der Waals surface area contributed by atoms with Gasteiger partial charge in [0.1, 0.15) is 28.2 Å². The Morgan fingerprint density at radius 1 is 0.479 bits per heavy atom. The molecule has 0 unspecified atom stereocenters. The Balaban J connectivity index is 0.000000121. The van der Waals surface area contributed by atoms with Crippen molar-refractivity contribution in [3.05, 3.63) is 208 Å². The molecule has 12 aromatic heterocycles. The van der Waals surface area contributed by atoms with E-state index in [2.05, 4.69) is 128 Å². The van der Waals surface area contributed by atoms with Crippen LogP contribution in [0.4, 0.5) is 40.0 Å². The van der Waals surface area contributed by atoms with E-state index < -0.39 is 0 Å². The number of morpholine rings is 1. The monoisotopic (exact) mass is 1820 g/mol. The van der Waals surface area contributed by atoms with Crippen molar-refractivity contribution in [2.45, 2.75) is 59.9 Å². The Kier molecular flexibility index (Phi) is 29.0. The summed E-state index contributed by atoms with van der Waals surface area (Å²) in [7, 11) is 0. The molecule has 1 fully saturated rings. The predicted molar refractivity (Wildman–Crippen MR) is 465 cm³/mol. The smallest absolute Gasteiger partial charge is 0.323 e. The van der Waals surface area contributed by atoms with Gasteiger partial charge in [-0.1, -0.05) is 200 Å². The number of para-hydroxylation sites is 1. The second-order valence-corrected chi connectivity index (χ2v) is 36.6. The summed E-state index contributed by atoms with van der Waals surface area (Å²) in [5, 5.41) is 68.2. The fourth-order valence-electron chi connectivity index (χ4n) is 10.1. The summed E-state index contributed by atoms with van der Waals surface area (Å²) in [6.07, 6.45) is 9.77. The van der Waals surface area contributed by atoms with E-state index in [0.717, 1.165) is 87.4 Å². The lowest BCUT2D eigenvalue weighted by Crippen LogP contribution is -2.43. The van der Waals surface area contributed by atoms with Gasteiger partial charge in [0.2, 0.25) is 25.7 Å². The van der Waals surface area contributed by atoms with Crippen LogP contribution in [0.1, 0.15) is 22.2 Å². The topological polar surface area (TPSA) is 427 Å². The number of anilines is 5. The van der Waals surface area contributed by atoms with Crippen LogP contribution >= 0.6 is 162 Å². The number of aromatic amines is 1. The Morgan fingerprint density at radius 2 is 0.974 bits per heavy atom. The molecule has 0 atom stereocenters. The zero-order chi connectivity index (χ0) is 80.8. The van der Waals surface area contributed by atoms with Gasteiger partial charge >= 0.3 is 18.1 Å². The number of urea groups is 3. The summed E-state index contributed by atoms with van der Waals surface area (Å²) in [5.74, 6) is -0.176. The SMILES string of the molecule is CCNC(=O)Nc1nnc(Sc2ccnc3cc(Cl)ccc23)s1.Nc1nnc(Sc2ccnc3cc(Cl)ccc23)s1.O=C(NCc1ccccc1)Nc1nnc(Sc2ccnc3cc(Cl)ccc23)s1.O=C(Nc1nnc(Sc2ncnc3ccccc23)s1)c1cccs1.O=C(Nc1nnc(Sc2ncnc3nc[nH]c23)s1)N1CCOCC1. The van der Waals surface area contributed by atoms with Crippen LogP contribution in [0, 0.1) is 0 Å².